The van der Waals surface area contributed by atoms with Crippen LogP contribution in [0.3, 0.4) is 0 Å². The minimum absolute atomic E-state index is 0.107. The molecule has 2 aromatic rings. The molecule has 17 heavy (non-hydrogen) atoms. The minimum atomic E-state index is -1.11. The van der Waals surface area contributed by atoms with Crippen LogP contribution in [-0.2, 0) is 6.54 Å². The van der Waals surface area contributed by atoms with Gasteiger partial charge in [-0.3, -0.25) is 0 Å². The van der Waals surface area contributed by atoms with E-state index in [1.165, 1.54) is 12.4 Å². The van der Waals surface area contributed by atoms with E-state index in [0.717, 1.165) is 0 Å². The Bertz CT molecular complexity index is 522. The molecule has 0 atom stereocenters. The zero-order valence-electron chi connectivity index (χ0n) is 8.91. The first-order chi connectivity index (χ1) is 8.15. The highest BCUT2D eigenvalue weighted by atomic mass is 16.5. The van der Waals surface area contributed by atoms with Gasteiger partial charge in [-0.1, -0.05) is 5.16 Å². The number of carbonyl (C=O) groups is 1. The molecule has 0 aliphatic heterocycles. The van der Waals surface area contributed by atoms with Gasteiger partial charge in [0.15, 0.2) is 11.5 Å². The van der Waals surface area contributed by atoms with E-state index in [1.54, 1.807) is 6.92 Å². The molecular formula is C9H9N5O3. The van der Waals surface area contributed by atoms with Crippen molar-refractivity contribution in [2.45, 2.75) is 13.5 Å². The first-order valence-electron chi connectivity index (χ1n) is 4.73. The second-order valence-electron chi connectivity index (χ2n) is 3.18. The van der Waals surface area contributed by atoms with E-state index in [-0.39, 0.29) is 5.69 Å². The lowest BCUT2D eigenvalue weighted by Gasteiger charge is -2.01. The molecule has 0 spiro atoms. The van der Waals surface area contributed by atoms with Crippen LogP contribution in [0, 0.1) is 6.92 Å². The molecule has 8 nitrogen and oxygen atoms in total. The van der Waals surface area contributed by atoms with E-state index in [2.05, 4.69) is 25.4 Å². The van der Waals surface area contributed by atoms with Gasteiger partial charge in [-0.25, -0.2) is 14.8 Å². The number of nitrogens with zero attached hydrogens (tertiary/aromatic N) is 4. The normalized spacial score (nSPS) is 10.2. The van der Waals surface area contributed by atoms with Crippen molar-refractivity contribution in [1.82, 2.24) is 20.1 Å². The lowest BCUT2D eigenvalue weighted by Crippen LogP contribution is -2.05. The Kier molecular flexibility index (Phi) is 2.95. The number of carboxylic acids is 1. The molecule has 0 aliphatic carbocycles. The maximum atomic E-state index is 10.5. The molecule has 2 aromatic heterocycles. The van der Waals surface area contributed by atoms with E-state index >= 15 is 0 Å². The Morgan fingerprint density at radius 1 is 1.47 bits per heavy atom. The van der Waals surface area contributed by atoms with Crippen LogP contribution in [0.25, 0.3) is 0 Å². The van der Waals surface area contributed by atoms with Crippen molar-refractivity contribution in [1.29, 1.82) is 0 Å². The van der Waals surface area contributed by atoms with Crippen molar-refractivity contribution in [2.75, 3.05) is 5.32 Å². The van der Waals surface area contributed by atoms with Crippen molar-refractivity contribution in [3.8, 4) is 0 Å². The largest absolute Gasteiger partial charge is 0.476 e. The fourth-order valence-electron chi connectivity index (χ4n) is 1.11. The summed E-state index contributed by atoms with van der Waals surface area (Å²) in [7, 11) is 0. The minimum Gasteiger partial charge on any atom is -0.476 e. The Labute approximate surface area is 95.7 Å². The molecule has 0 saturated heterocycles. The molecule has 2 rings (SSSR count). The number of nitrogens with one attached hydrogen (secondary N) is 1. The van der Waals surface area contributed by atoms with Crippen LogP contribution in [0.4, 0.5) is 5.82 Å². The van der Waals surface area contributed by atoms with Crippen LogP contribution in [0.5, 0.6) is 0 Å². The molecule has 0 aromatic carbocycles. The van der Waals surface area contributed by atoms with Gasteiger partial charge in [0, 0.05) is 0 Å². The van der Waals surface area contributed by atoms with Gasteiger partial charge < -0.3 is 14.9 Å². The fourth-order valence-corrected chi connectivity index (χ4v) is 1.11. The van der Waals surface area contributed by atoms with Gasteiger partial charge in [-0.05, 0) is 6.92 Å². The van der Waals surface area contributed by atoms with Crippen molar-refractivity contribution in [3.05, 3.63) is 29.8 Å². The van der Waals surface area contributed by atoms with E-state index in [0.29, 0.717) is 24.1 Å². The summed E-state index contributed by atoms with van der Waals surface area (Å²) in [6.07, 6.45) is 2.50. The van der Waals surface area contributed by atoms with Gasteiger partial charge in [0.1, 0.15) is 5.82 Å². The number of hydrogen-bond acceptors (Lipinski definition) is 7. The third-order valence-corrected chi connectivity index (χ3v) is 1.86. The van der Waals surface area contributed by atoms with Crippen molar-refractivity contribution in [2.24, 2.45) is 0 Å². The van der Waals surface area contributed by atoms with Crippen LogP contribution >= 0.6 is 0 Å². The Hall–Kier alpha value is -2.51. The first kappa shape index (κ1) is 11.0. The number of aryl methyl sites for hydroxylation is 1. The number of hydrogen-bond donors (Lipinski definition) is 2. The number of aromatic nitrogens is 4. The van der Waals surface area contributed by atoms with E-state index in [4.69, 9.17) is 9.63 Å². The topological polar surface area (TPSA) is 114 Å². The van der Waals surface area contributed by atoms with Crippen molar-refractivity contribution < 1.29 is 14.4 Å². The van der Waals surface area contributed by atoms with Crippen molar-refractivity contribution in [3.63, 3.8) is 0 Å². The van der Waals surface area contributed by atoms with Crippen LogP contribution < -0.4 is 5.32 Å². The average Bonchev–Trinajstić information content (AvgIpc) is 2.73. The predicted octanol–water partition coefficient (Wildman–Crippen LogP) is 0.478. The smallest absolute Gasteiger partial charge is 0.356 e. The number of rotatable bonds is 4. The molecule has 0 saturated carbocycles. The maximum Gasteiger partial charge on any atom is 0.356 e. The monoisotopic (exact) mass is 235 g/mol. The van der Waals surface area contributed by atoms with Gasteiger partial charge >= 0.3 is 5.97 Å². The number of carboxylic acid groups (broad SMARTS) is 1. The first-order valence-corrected chi connectivity index (χ1v) is 4.73. The van der Waals surface area contributed by atoms with Crippen LogP contribution in [-0.4, -0.2) is 31.2 Å². The van der Waals surface area contributed by atoms with Gasteiger partial charge in [-0.15, -0.1) is 0 Å². The molecule has 88 valence electrons. The highest BCUT2D eigenvalue weighted by Crippen LogP contribution is 2.04. The third kappa shape index (κ3) is 2.74. The summed E-state index contributed by atoms with van der Waals surface area (Å²) in [6.45, 7) is 2.02. The summed E-state index contributed by atoms with van der Waals surface area (Å²) in [6, 6.07) is 0. The standard InChI is InChI=1S/C9H9N5O3/c1-5-13-8(17-14-5)4-12-7-3-10-6(2-11-7)9(15)16/h2-3H,4H2,1H3,(H,11,12)(H,15,16). The number of anilines is 1. The molecule has 8 heteroatoms. The van der Waals surface area contributed by atoms with Gasteiger partial charge in [0.05, 0.1) is 18.9 Å². The second-order valence-corrected chi connectivity index (χ2v) is 3.18. The van der Waals surface area contributed by atoms with Gasteiger partial charge in [0.2, 0.25) is 5.89 Å². The van der Waals surface area contributed by atoms with Crippen LogP contribution in [0.15, 0.2) is 16.9 Å². The van der Waals surface area contributed by atoms with Gasteiger partial charge in [0.25, 0.3) is 0 Å². The zero-order chi connectivity index (χ0) is 12.3. The lowest BCUT2D eigenvalue weighted by molar-refractivity contribution is 0.0690. The summed E-state index contributed by atoms with van der Waals surface area (Å²) in [5.74, 6) is 0.295. The summed E-state index contributed by atoms with van der Waals surface area (Å²) in [5.41, 5.74) is -0.107. The molecule has 0 fully saturated rings. The van der Waals surface area contributed by atoms with E-state index in [1.807, 2.05) is 0 Å². The highest BCUT2D eigenvalue weighted by Gasteiger charge is 2.06. The quantitative estimate of drug-likeness (QED) is 0.786. The summed E-state index contributed by atoms with van der Waals surface area (Å²) >= 11 is 0. The SMILES string of the molecule is Cc1noc(CNc2cnc(C(=O)O)cn2)n1. The summed E-state index contributed by atoms with van der Waals surface area (Å²) in [4.78, 5) is 22.1. The van der Waals surface area contributed by atoms with Gasteiger partial charge in [-0.2, -0.15) is 4.98 Å². The predicted molar refractivity (Wildman–Crippen MR) is 55.4 cm³/mol. The van der Waals surface area contributed by atoms with E-state index < -0.39 is 5.97 Å². The molecule has 2 heterocycles. The van der Waals surface area contributed by atoms with E-state index in [9.17, 15) is 4.79 Å². The Morgan fingerprint density at radius 3 is 2.82 bits per heavy atom. The molecule has 2 N–H and O–H groups in total. The average molecular weight is 235 g/mol. The molecule has 0 amide bonds. The van der Waals surface area contributed by atoms with Crippen LogP contribution in [0.2, 0.25) is 0 Å². The maximum absolute atomic E-state index is 10.5. The third-order valence-electron chi connectivity index (χ3n) is 1.86. The number of aromatic carboxylic acids is 1. The Morgan fingerprint density at radius 2 is 2.29 bits per heavy atom. The van der Waals surface area contributed by atoms with Crippen molar-refractivity contribution >= 4 is 11.8 Å². The summed E-state index contributed by atoms with van der Waals surface area (Å²) in [5, 5.41) is 15.1. The highest BCUT2D eigenvalue weighted by molar-refractivity contribution is 5.84. The molecular weight excluding hydrogens is 226 g/mol. The molecule has 0 radical (unpaired) electrons. The molecule has 0 aliphatic rings. The second kappa shape index (κ2) is 4.56. The molecule has 0 unspecified atom stereocenters. The zero-order valence-corrected chi connectivity index (χ0v) is 8.91. The lowest BCUT2D eigenvalue weighted by atomic mass is 10.4. The Balaban J connectivity index is 1.97. The fraction of sp³-hybridized carbons (Fsp3) is 0.222. The van der Waals surface area contributed by atoms with Crippen LogP contribution in [0.1, 0.15) is 22.2 Å². The molecule has 0 bridgehead atoms. The summed E-state index contributed by atoms with van der Waals surface area (Å²) < 4.78 is 4.88.